The zero-order valence-corrected chi connectivity index (χ0v) is 14.3. The van der Waals surface area contributed by atoms with E-state index in [1.54, 1.807) is 12.1 Å². The van der Waals surface area contributed by atoms with Crippen LogP contribution < -0.4 is 0 Å². The molecule has 0 radical (unpaired) electrons. The molecule has 0 saturated carbocycles. The van der Waals surface area contributed by atoms with Gasteiger partial charge in [0.25, 0.3) is 0 Å². The topological polar surface area (TPSA) is 27.7 Å². The highest BCUT2D eigenvalue weighted by Gasteiger charge is 2.21. The maximum Gasteiger partial charge on any atom is 0.380 e. The molecular weight excluding hydrogens is 382 g/mol. The van der Waals surface area contributed by atoms with E-state index in [9.17, 15) is 0 Å². The van der Waals surface area contributed by atoms with E-state index in [0.717, 1.165) is 4.47 Å². The minimum absolute atomic E-state index is 0.307. The summed E-state index contributed by atoms with van der Waals surface area (Å²) < 4.78 is 16.4. The summed E-state index contributed by atoms with van der Waals surface area (Å²) in [5, 5.41) is 0.477. The van der Waals surface area contributed by atoms with Gasteiger partial charge in [-0.15, -0.1) is 0 Å². The van der Waals surface area contributed by atoms with Gasteiger partial charge >= 0.3 is 6.72 Å². The zero-order valence-electron chi connectivity index (χ0n) is 9.52. The third-order valence-corrected chi connectivity index (χ3v) is 5.39. The highest BCUT2D eigenvalue weighted by Crippen LogP contribution is 2.52. The van der Waals surface area contributed by atoms with Crippen LogP contribution in [0, 0.1) is 0 Å². The Balaban J connectivity index is 3.09. The van der Waals surface area contributed by atoms with Crippen molar-refractivity contribution in [3.8, 4) is 0 Å². The number of halogens is 3. The Bertz CT molecular complexity index is 502. The molecule has 1 rings (SSSR count). The molecular formula is C10H10BrCl2O3PS. The molecule has 0 atom stereocenters. The lowest BCUT2D eigenvalue weighted by atomic mass is 10.2. The van der Waals surface area contributed by atoms with Crippen LogP contribution in [-0.4, -0.2) is 14.2 Å². The number of hydrogen-bond acceptors (Lipinski definition) is 4. The van der Waals surface area contributed by atoms with Crippen LogP contribution in [0.25, 0.3) is 5.76 Å². The first kappa shape index (κ1) is 16.4. The Morgan fingerprint density at radius 2 is 2.00 bits per heavy atom. The molecule has 1 aromatic carbocycles. The average Bonchev–Trinajstić information content (AvgIpc) is 2.36. The maximum atomic E-state index is 6.11. The molecule has 1 aromatic rings. The Morgan fingerprint density at radius 1 is 1.39 bits per heavy atom. The molecule has 0 fully saturated rings. The molecule has 0 unspecified atom stereocenters. The molecule has 8 heteroatoms. The van der Waals surface area contributed by atoms with E-state index >= 15 is 0 Å². The van der Waals surface area contributed by atoms with Gasteiger partial charge in [0.15, 0.2) is 0 Å². The van der Waals surface area contributed by atoms with Crippen LogP contribution in [0.1, 0.15) is 5.56 Å². The van der Waals surface area contributed by atoms with Crippen LogP contribution in [-0.2, 0) is 25.4 Å². The first-order valence-corrected chi connectivity index (χ1v) is 8.79. The fourth-order valence-corrected chi connectivity index (χ4v) is 3.01. The van der Waals surface area contributed by atoms with E-state index in [0.29, 0.717) is 16.3 Å². The third kappa shape index (κ3) is 4.20. The van der Waals surface area contributed by atoms with Crippen LogP contribution in [0.15, 0.2) is 28.2 Å². The smallest absolute Gasteiger partial charge is 0.380 e. The van der Waals surface area contributed by atoms with Crippen molar-refractivity contribution in [2.75, 3.05) is 14.2 Å². The van der Waals surface area contributed by atoms with Crippen molar-refractivity contribution < 1.29 is 13.6 Å². The van der Waals surface area contributed by atoms with Gasteiger partial charge in [-0.25, -0.2) is 0 Å². The summed E-state index contributed by atoms with van der Waals surface area (Å²) in [7, 11) is 2.83. The predicted molar refractivity (Wildman–Crippen MR) is 82.4 cm³/mol. The summed E-state index contributed by atoms with van der Waals surface area (Å²) in [6, 6.07) is 5.30. The lowest BCUT2D eigenvalue weighted by molar-refractivity contribution is 0.262. The van der Waals surface area contributed by atoms with Gasteiger partial charge in [0.1, 0.15) is 5.76 Å². The quantitative estimate of drug-likeness (QED) is 0.511. The first-order chi connectivity index (χ1) is 8.45. The van der Waals surface area contributed by atoms with E-state index in [-0.39, 0.29) is 0 Å². The molecule has 0 aliphatic carbocycles. The second kappa shape index (κ2) is 7.25. The summed E-state index contributed by atoms with van der Waals surface area (Å²) in [4.78, 5) is 0. The van der Waals surface area contributed by atoms with Crippen molar-refractivity contribution in [1.82, 2.24) is 0 Å². The standard InChI is InChI=1S/C10H10BrCl2O3PS/c1-14-17(18,15-2)16-10(6-12)8-4-3-7(11)5-9(8)13/h3-6H,1-2H3/b10-6-. The normalized spacial score (nSPS) is 12.6. The van der Waals surface area contributed by atoms with Gasteiger partial charge < -0.3 is 13.6 Å². The molecule has 0 aliphatic rings. The molecule has 0 saturated heterocycles. The highest BCUT2D eigenvalue weighted by molar-refractivity contribution is 9.10. The maximum absolute atomic E-state index is 6.11. The van der Waals surface area contributed by atoms with Gasteiger partial charge in [0.05, 0.1) is 5.02 Å². The second-order valence-electron chi connectivity index (χ2n) is 3.00. The van der Waals surface area contributed by atoms with Gasteiger partial charge in [-0.2, -0.15) is 0 Å². The van der Waals surface area contributed by atoms with E-state index < -0.39 is 6.72 Å². The van der Waals surface area contributed by atoms with Crippen molar-refractivity contribution in [2.24, 2.45) is 0 Å². The number of benzene rings is 1. The third-order valence-electron chi connectivity index (χ3n) is 1.95. The van der Waals surface area contributed by atoms with Crippen molar-refractivity contribution in [3.05, 3.63) is 38.8 Å². The van der Waals surface area contributed by atoms with Crippen LogP contribution >= 0.6 is 45.9 Å². The monoisotopic (exact) mass is 390 g/mol. The van der Waals surface area contributed by atoms with E-state index in [4.69, 9.17) is 48.6 Å². The van der Waals surface area contributed by atoms with Gasteiger partial charge in [0, 0.05) is 41.6 Å². The lowest BCUT2D eigenvalue weighted by Gasteiger charge is -2.20. The van der Waals surface area contributed by atoms with Crippen LogP contribution in [0.5, 0.6) is 0 Å². The minimum Gasteiger partial charge on any atom is -0.422 e. The highest BCUT2D eigenvalue weighted by atomic mass is 79.9. The van der Waals surface area contributed by atoms with E-state index in [1.807, 2.05) is 6.07 Å². The Kier molecular flexibility index (Phi) is 6.62. The molecule has 18 heavy (non-hydrogen) atoms. The Morgan fingerprint density at radius 3 is 2.44 bits per heavy atom. The minimum atomic E-state index is -2.84. The summed E-state index contributed by atoms with van der Waals surface area (Å²) >= 11 is 20.3. The van der Waals surface area contributed by atoms with Crippen LogP contribution in [0.3, 0.4) is 0 Å². The first-order valence-electron chi connectivity index (χ1n) is 4.62. The van der Waals surface area contributed by atoms with Crippen molar-refractivity contribution in [3.63, 3.8) is 0 Å². The predicted octanol–water partition coefficient (Wildman–Crippen LogP) is 5.17. The van der Waals surface area contributed by atoms with Crippen LogP contribution in [0.2, 0.25) is 5.02 Å². The molecule has 0 aromatic heterocycles. The van der Waals surface area contributed by atoms with Gasteiger partial charge in [-0.1, -0.05) is 39.1 Å². The zero-order chi connectivity index (χ0) is 13.8. The fourth-order valence-electron chi connectivity index (χ4n) is 1.09. The van der Waals surface area contributed by atoms with Crippen LogP contribution in [0.4, 0.5) is 0 Å². The van der Waals surface area contributed by atoms with Gasteiger partial charge in [-0.3, -0.25) is 0 Å². The molecule has 0 aliphatic heterocycles. The Hall–Kier alpha value is 0.390. The van der Waals surface area contributed by atoms with Crippen molar-refractivity contribution >= 4 is 63.4 Å². The molecule has 0 spiro atoms. The average molecular weight is 392 g/mol. The van der Waals surface area contributed by atoms with E-state index in [1.165, 1.54) is 19.8 Å². The van der Waals surface area contributed by atoms with Crippen molar-refractivity contribution in [1.29, 1.82) is 0 Å². The molecule has 100 valence electrons. The second-order valence-corrected chi connectivity index (χ2v) is 7.69. The summed E-state index contributed by atoms with van der Waals surface area (Å²) in [5.74, 6) is 0.307. The summed E-state index contributed by atoms with van der Waals surface area (Å²) in [6.07, 6.45) is 0. The molecule has 0 amide bonds. The van der Waals surface area contributed by atoms with Crippen molar-refractivity contribution in [2.45, 2.75) is 0 Å². The molecule has 3 nitrogen and oxygen atoms in total. The van der Waals surface area contributed by atoms with Gasteiger partial charge in [-0.05, 0) is 18.2 Å². The molecule has 0 N–H and O–H groups in total. The molecule has 0 bridgehead atoms. The number of hydrogen-bond donors (Lipinski definition) is 0. The number of rotatable bonds is 5. The summed E-state index contributed by atoms with van der Waals surface area (Å²) in [5.41, 5.74) is 1.85. The summed E-state index contributed by atoms with van der Waals surface area (Å²) in [6.45, 7) is -2.84. The fraction of sp³-hybridized carbons (Fsp3) is 0.200. The largest absolute Gasteiger partial charge is 0.422 e. The Labute approximate surface area is 129 Å². The molecule has 0 heterocycles. The SMILES string of the molecule is COP(=S)(OC)O/C(=C\Cl)c1ccc(Br)cc1Cl. The van der Waals surface area contributed by atoms with Gasteiger partial charge in [0.2, 0.25) is 0 Å². The van der Waals surface area contributed by atoms with E-state index in [2.05, 4.69) is 15.9 Å². The lowest BCUT2D eigenvalue weighted by Crippen LogP contribution is -1.95.